The first-order valence-corrected chi connectivity index (χ1v) is 11.3. The Kier molecular flexibility index (Phi) is 8.52. The van der Waals surface area contributed by atoms with Crippen LogP contribution in [0.2, 0.25) is 0 Å². The number of carbonyl (C=O) groups is 2. The quantitative estimate of drug-likeness (QED) is 0.561. The van der Waals surface area contributed by atoms with Gasteiger partial charge in [-0.15, -0.1) is 0 Å². The molecule has 178 valence electrons. The first kappa shape index (κ1) is 24.4. The molecule has 2 aromatic carbocycles. The second kappa shape index (κ2) is 11.5. The third-order valence-electron chi connectivity index (χ3n) is 5.93. The van der Waals surface area contributed by atoms with Crippen LogP contribution in [0.3, 0.4) is 0 Å². The summed E-state index contributed by atoms with van der Waals surface area (Å²) < 4.78 is 24.0. The number of nitrogens with zero attached hydrogens (tertiary/aromatic N) is 1. The average Bonchev–Trinajstić information content (AvgIpc) is 2.84. The SMILES string of the molecule is CCCCNC(=O)N1CC(C(=O)Nc2ccc(OC)c(OC)c2)CCC1c1ccc(F)cc1. The molecule has 7 nitrogen and oxygen atoms in total. The molecule has 3 amide bonds. The summed E-state index contributed by atoms with van der Waals surface area (Å²) in [6.07, 6.45) is 3.07. The molecule has 0 aliphatic carbocycles. The van der Waals surface area contributed by atoms with E-state index in [0.717, 1.165) is 18.4 Å². The lowest BCUT2D eigenvalue weighted by atomic mass is 9.88. The summed E-state index contributed by atoms with van der Waals surface area (Å²) in [4.78, 5) is 27.7. The minimum Gasteiger partial charge on any atom is -0.493 e. The summed E-state index contributed by atoms with van der Waals surface area (Å²) in [5.41, 5.74) is 1.46. The van der Waals surface area contributed by atoms with Crippen LogP contribution in [-0.2, 0) is 4.79 Å². The summed E-state index contributed by atoms with van der Waals surface area (Å²) in [5, 5.41) is 5.88. The van der Waals surface area contributed by atoms with Crippen molar-refractivity contribution in [2.24, 2.45) is 5.92 Å². The number of benzene rings is 2. The molecule has 0 aromatic heterocycles. The molecule has 2 N–H and O–H groups in total. The molecule has 2 unspecified atom stereocenters. The van der Waals surface area contributed by atoms with Crippen molar-refractivity contribution in [3.05, 3.63) is 53.8 Å². The number of urea groups is 1. The van der Waals surface area contributed by atoms with Crippen LogP contribution in [-0.4, -0.2) is 44.1 Å². The highest BCUT2D eigenvalue weighted by atomic mass is 19.1. The van der Waals surface area contributed by atoms with E-state index in [1.807, 2.05) is 0 Å². The van der Waals surface area contributed by atoms with Crippen molar-refractivity contribution in [1.82, 2.24) is 10.2 Å². The fourth-order valence-electron chi connectivity index (χ4n) is 4.07. The summed E-state index contributed by atoms with van der Waals surface area (Å²) >= 11 is 0. The minimum absolute atomic E-state index is 0.161. The molecule has 1 saturated heterocycles. The number of ether oxygens (including phenoxy) is 2. The highest BCUT2D eigenvalue weighted by molar-refractivity contribution is 5.93. The molecule has 3 rings (SSSR count). The number of hydrogen-bond donors (Lipinski definition) is 2. The van der Waals surface area contributed by atoms with E-state index in [1.54, 1.807) is 42.3 Å². The molecule has 1 aliphatic heterocycles. The van der Waals surface area contributed by atoms with E-state index < -0.39 is 0 Å². The molecule has 33 heavy (non-hydrogen) atoms. The van der Waals surface area contributed by atoms with Crippen LogP contribution in [0.15, 0.2) is 42.5 Å². The second-order valence-corrected chi connectivity index (χ2v) is 8.14. The zero-order valence-electron chi connectivity index (χ0n) is 19.4. The van der Waals surface area contributed by atoms with Crippen LogP contribution >= 0.6 is 0 Å². The maximum absolute atomic E-state index is 13.4. The molecule has 1 heterocycles. The van der Waals surface area contributed by atoms with Gasteiger partial charge in [-0.1, -0.05) is 25.5 Å². The van der Waals surface area contributed by atoms with E-state index in [-0.39, 0.29) is 36.3 Å². The Morgan fingerprint density at radius 2 is 1.79 bits per heavy atom. The monoisotopic (exact) mass is 457 g/mol. The van der Waals surface area contributed by atoms with Crippen LogP contribution in [0.5, 0.6) is 11.5 Å². The fourth-order valence-corrected chi connectivity index (χ4v) is 4.07. The van der Waals surface area contributed by atoms with Gasteiger partial charge < -0.3 is 25.0 Å². The maximum atomic E-state index is 13.4. The Hall–Kier alpha value is -3.29. The molecule has 2 aromatic rings. The number of halogens is 1. The van der Waals surface area contributed by atoms with Gasteiger partial charge in [-0.2, -0.15) is 0 Å². The Balaban J connectivity index is 1.74. The molecule has 0 spiro atoms. The van der Waals surface area contributed by atoms with Crippen molar-refractivity contribution in [3.8, 4) is 11.5 Å². The number of carbonyl (C=O) groups excluding carboxylic acids is 2. The second-order valence-electron chi connectivity index (χ2n) is 8.14. The predicted octanol–water partition coefficient (Wildman–Crippen LogP) is 4.74. The third-order valence-corrected chi connectivity index (χ3v) is 5.93. The van der Waals surface area contributed by atoms with Gasteiger partial charge in [0.05, 0.1) is 26.2 Å². The zero-order valence-corrected chi connectivity index (χ0v) is 19.4. The standard InChI is InChI=1S/C25H32FN3O4/c1-4-5-14-27-25(31)29-16-18(8-12-21(29)17-6-9-19(26)10-7-17)24(30)28-20-11-13-22(32-2)23(15-20)33-3/h6-7,9-11,13,15,18,21H,4-5,8,12,14,16H2,1-3H3,(H,27,31)(H,28,30). The van der Waals surface area contributed by atoms with Gasteiger partial charge in [0.15, 0.2) is 11.5 Å². The van der Waals surface area contributed by atoms with Crippen molar-refractivity contribution >= 4 is 17.6 Å². The summed E-state index contributed by atoms with van der Waals surface area (Å²) in [7, 11) is 3.09. The third kappa shape index (κ3) is 6.15. The largest absolute Gasteiger partial charge is 0.493 e. The molecule has 1 aliphatic rings. The van der Waals surface area contributed by atoms with E-state index in [2.05, 4.69) is 17.6 Å². The summed E-state index contributed by atoms with van der Waals surface area (Å²) in [6.45, 7) is 2.91. The number of hydrogen-bond acceptors (Lipinski definition) is 4. The Bertz CT molecular complexity index is 951. The van der Waals surface area contributed by atoms with Gasteiger partial charge in [0.2, 0.25) is 5.91 Å². The van der Waals surface area contributed by atoms with Gasteiger partial charge in [0.1, 0.15) is 5.82 Å². The first-order valence-electron chi connectivity index (χ1n) is 11.3. The molecular weight excluding hydrogens is 425 g/mol. The Labute approximate surface area is 194 Å². The summed E-state index contributed by atoms with van der Waals surface area (Å²) in [5.74, 6) is 0.246. The molecular formula is C25H32FN3O4. The highest BCUT2D eigenvalue weighted by Gasteiger charge is 2.35. The van der Waals surface area contributed by atoms with E-state index in [1.165, 1.54) is 19.2 Å². The lowest BCUT2D eigenvalue weighted by molar-refractivity contribution is -0.121. The number of nitrogens with one attached hydrogen (secondary N) is 2. The van der Waals surface area contributed by atoms with Crippen LogP contribution in [0.1, 0.15) is 44.2 Å². The molecule has 8 heteroatoms. The van der Waals surface area contributed by atoms with Crippen LogP contribution in [0.25, 0.3) is 0 Å². The lowest BCUT2D eigenvalue weighted by Crippen LogP contribution is -2.49. The molecule has 0 bridgehead atoms. The average molecular weight is 458 g/mol. The normalized spacial score (nSPS) is 17.9. The molecule has 0 saturated carbocycles. The molecule has 0 radical (unpaired) electrons. The smallest absolute Gasteiger partial charge is 0.317 e. The van der Waals surface area contributed by atoms with Crippen LogP contribution < -0.4 is 20.1 Å². The van der Waals surface area contributed by atoms with E-state index in [4.69, 9.17) is 9.47 Å². The number of methoxy groups -OCH3 is 2. The maximum Gasteiger partial charge on any atom is 0.317 e. The first-order chi connectivity index (χ1) is 16.0. The van der Waals surface area contributed by atoms with E-state index in [0.29, 0.717) is 36.6 Å². The van der Waals surface area contributed by atoms with E-state index >= 15 is 0 Å². The topological polar surface area (TPSA) is 79.9 Å². The van der Waals surface area contributed by atoms with Gasteiger partial charge in [0.25, 0.3) is 0 Å². The Morgan fingerprint density at radius 3 is 2.45 bits per heavy atom. The number of amides is 3. The zero-order chi connectivity index (χ0) is 23.8. The molecule has 1 fully saturated rings. The lowest BCUT2D eigenvalue weighted by Gasteiger charge is -2.39. The van der Waals surface area contributed by atoms with Crippen molar-refractivity contribution < 1.29 is 23.5 Å². The van der Waals surface area contributed by atoms with Gasteiger partial charge in [0, 0.05) is 24.8 Å². The van der Waals surface area contributed by atoms with E-state index in [9.17, 15) is 14.0 Å². The van der Waals surface area contributed by atoms with Gasteiger partial charge in [-0.25, -0.2) is 9.18 Å². The Morgan fingerprint density at radius 1 is 1.06 bits per heavy atom. The van der Waals surface area contributed by atoms with Crippen molar-refractivity contribution in [3.63, 3.8) is 0 Å². The number of rotatable bonds is 8. The van der Waals surface area contributed by atoms with Crippen molar-refractivity contribution in [2.45, 2.75) is 38.6 Å². The van der Waals surface area contributed by atoms with Gasteiger partial charge in [-0.3, -0.25) is 4.79 Å². The summed E-state index contributed by atoms with van der Waals surface area (Å²) in [6, 6.07) is 11.0. The molecule has 2 atom stereocenters. The number of unbranched alkanes of at least 4 members (excludes halogenated alkanes) is 1. The number of anilines is 1. The van der Waals surface area contributed by atoms with Crippen molar-refractivity contribution in [2.75, 3.05) is 32.6 Å². The fraction of sp³-hybridized carbons (Fsp3) is 0.440. The van der Waals surface area contributed by atoms with Crippen molar-refractivity contribution in [1.29, 1.82) is 0 Å². The predicted molar refractivity (Wildman–Crippen MR) is 125 cm³/mol. The van der Waals surface area contributed by atoms with Crippen LogP contribution in [0, 0.1) is 11.7 Å². The number of piperidine rings is 1. The van der Waals surface area contributed by atoms with Crippen LogP contribution in [0.4, 0.5) is 14.9 Å². The minimum atomic E-state index is -0.369. The number of likely N-dealkylation sites (tertiary alicyclic amines) is 1. The highest BCUT2D eigenvalue weighted by Crippen LogP contribution is 2.35. The van der Waals surface area contributed by atoms with Gasteiger partial charge >= 0.3 is 6.03 Å². The van der Waals surface area contributed by atoms with Gasteiger partial charge in [-0.05, 0) is 49.1 Å².